The maximum absolute atomic E-state index is 4.56. The van der Waals surface area contributed by atoms with Crippen molar-refractivity contribution < 1.29 is 0 Å². The number of rotatable bonds is 4. The van der Waals surface area contributed by atoms with Crippen molar-refractivity contribution in [3.63, 3.8) is 0 Å². The third kappa shape index (κ3) is 3.71. The molecule has 1 atom stereocenters. The standard InChI is InChI=1S/C12H16BrN3S/c1-16(12-15-9-11(8-13)17-12)7-4-10-2-5-14-6-3-10/h2-3,5-6,11H,4,7-9H2,1H3. The maximum atomic E-state index is 4.56. The third-order valence-electron chi connectivity index (χ3n) is 2.69. The summed E-state index contributed by atoms with van der Waals surface area (Å²) < 4.78 is 0. The molecule has 5 heteroatoms. The zero-order valence-corrected chi connectivity index (χ0v) is 12.2. The number of hydrogen-bond donors (Lipinski definition) is 0. The molecule has 3 nitrogen and oxygen atoms in total. The number of alkyl halides is 1. The SMILES string of the molecule is CN(CCc1ccncc1)C1=NCC(CBr)S1. The van der Waals surface area contributed by atoms with E-state index in [1.807, 2.05) is 24.2 Å². The highest BCUT2D eigenvalue weighted by atomic mass is 79.9. The van der Waals surface area contributed by atoms with Crippen LogP contribution >= 0.6 is 27.7 Å². The van der Waals surface area contributed by atoms with Crippen LogP contribution in [0, 0.1) is 0 Å². The molecule has 2 heterocycles. The number of hydrogen-bond acceptors (Lipinski definition) is 4. The molecule has 0 radical (unpaired) electrons. The van der Waals surface area contributed by atoms with E-state index in [0.717, 1.165) is 24.8 Å². The summed E-state index contributed by atoms with van der Waals surface area (Å²) in [5.74, 6) is 0. The number of halogens is 1. The number of nitrogens with zero attached hydrogens (tertiary/aromatic N) is 3. The van der Waals surface area contributed by atoms with Gasteiger partial charge in [0.15, 0.2) is 5.17 Å². The van der Waals surface area contributed by atoms with Crippen molar-refractivity contribution in [2.24, 2.45) is 4.99 Å². The molecule has 1 unspecified atom stereocenters. The van der Waals surface area contributed by atoms with E-state index in [1.54, 1.807) is 0 Å². The average molecular weight is 314 g/mol. The van der Waals surface area contributed by atoms with Gasteiger partial charge in [-0.15, -0.1) is 0 Å². The van der Waals surface area contributed by atoms with Gasteiger partial charge in [0.1, 0.15) is 0 Å². The van der Waals surface area contributed by atoms with E-state index in [0.29, 0.717) is 5.25 Å². The van der Waals surface area contributed by atoms with E-state index in [-0.39, 0.29) is 0 Å². The molecule has 0 amide bonds. The second-order valence-electron chi connectivity index (χ2n) is 4.04. The normalized spacial score (nSPS) is 19.2. The number of amidine groups is 1. The Hall–Kier alpha value is -0.550. The summed E-state index contributed by atoms with van der Waals surface area (Å²) in [5, 5.41) is 2.79. The molecule has 1 aromatic heterocycles. The van der Waals surface area contributed by atoms with Crippen LogP contribution in [0.2, 0.25) is 0 Å². The summed E-state index contributed by atoms with van der Waals surface area (Å²) in [5.41, 5.74) is 1.33. The van der Waals surface area contributed by atoms with Crippen LogP contribution < -0.4 is 0 Å². The average Bonchev–Trinajstić information content (AvgIpc) is 2.86. The number of pyridine rings is 1. The smallest absolute Gasteiger partial charge is 0.159 e. The Balaban J connectivity index is 1.80. The van der Waals surface area contributed by atoms with Crippen molar-refractivity contribution in [2.45, 2.75) is 11.7 Å². The fourth-order valence-electron chi connectivity index (χ4n) is 1.64. The monoisotopic (exact) mass is 313 g/mol. The molecule has 2 rings (SSSR count). The first kappa shape index (κ1) is 12.9. The quantitative estimate of drug-likeness (QED) is 0.799. The van der Waals surface area contributed by atoms with E-state index < -0.39 is 0 Å². The van der Waals surface area contributed by atoms with E-state index in [9.17, 15) is 0 Å². The van der Waals surface area contributed by atoms with Crippen molar-refractivity contribution in [2.75, 3.05) is 25.5 Å². The van der Waals surface area contributed by atoms with Gasteiger partial charge in [0.2, 0.25) is 0 Å². The van der Waals surface area contributed by atoms with Crippen LogP contribution in [0.4, 0.5) is 0 Å². The lowest BCUT2D eigenvalue weighted by atomic mass is 10.2. The first-order valence-corrected chi connectivity index (χ1v) is 7.67. The topological polar surface area (TPSA) is 28.5 Å². The van der Waals surface area contributed by atoms with Gasteiger partial charge >= 0.3 is 0 Å². The molecule has 0 saturated carbocycles. The number of aliphatic imine (C=N–C) groups is 1. The van der Waals surface area contributed by atoms with Gasteiger partial charge in [0.25, 0.3) is 0 Å². The van der Waals surface area contributed by atoms with Gasteiger partial charge in [-0.1, -0.05) is 27.7 Å². The molecule has 17 heavy (non-hydrogen) atoms. The summed E-state index contributed by atoms with van der Waals surface area (Å²) in [4.78, 5) is 10.8. The van der Waals surface area contributed by atoms with Gasteiger partial charge in [-0.3, -0.25) is 9.98 Å². The first-order valence-electron chi connectivity index (χ1n) is 5.66. The zero-order chi connectivity index (χ0) is 12.1. The van der Waals surface area contributed by atoms with Crippen molar-refractivity contribution in [3.05, 3.63) is 30.1 Å². The van der Waals surface area contributed by atoms with Gasteiger partial charge in [-0.2, -0.15) is 0 Å². The zero-order valence-electron chi connectivity index (χ0n) is 9.84. The minimum Gasteiger partial charge on any atom is -0.354 e. The molecular weight excluding hydrogens is 298 g/mol. The molecule has 0 spiro atoms. The first-order chi connectivity index (χ1) is 8.29. The molecular formula is C12H16BrN3S. The molecule has 0 fully saturated rings. The van der Waals surface area contributed by atoms with Crippen LogP contribution in [0.3, 0.4) is 0 Å². The second-order valence-corrected chi connectivity index (χ2v) is 5.96. The van der Waals surface area contributed by atoms with Crippen LogP contribution in [0.5, 0.6) is 0 Å². The highest BCUT2D eigenvalue weighted by Gasteiger charge is 2.20. The van der Waals surface area contributed by atoms with E-state index in [4.69, 9.17) is 0 Å². The fraction of sp³-hybridized carbons (Fsp3) is 0.500. The minimum absolute atomic E-state index is 0.605. The van der Waals surface area contributed by atoms with Crippen LogP contribution in [0.15, 0.2) is 29.5 Å². The fourth-order valence-corrected chi connectivity index (χ4v) is 3.17. The van der Waals surface area contributed by atoms with Crippen molar-refractivity contribution in [3.8, 4) is 0 Å². The van der Waals surface area contributed by atoms with E-state index in [2.05, 4.69) is 50.0 Å². The highest BCUT2D eigenvalue weighted by molar-refractivity contribution is 9.09. The largest absolute Gasteiger partial charge is 0.354 e. The van der Waals surface area contributed by atoms with Crippen LogP contribution in [0.1, 0.15) is 5.56 Å². The third-order valence-corrected chi connectivity index (χ3v) is 5.20. The van der Waals surface area contributed by atoms with Crippen LogP contribution in [0.25, 0.3) is 0 Å². The Labute approximate surface area is 115 Å². The summed E-state index contributed by atoms with van der Waals surface area (Å²) in [6, 6.07) is 4.14. The highest BCUT2D eigenvalue weighted by Crippen LogP contribution is 2.24. The van der Waals surface area contributed by atoms with Gasteiger partial charge in [0.05, 0.1) is 6.54 Å². The number of likely N-dealkylation sites (N-methyl/N-ethyl adjacent to an activating group) is 1. The molecule has 92 valence electrons. The van der Waals surface area contributed by atoms with Gasteiger partial charge < -0.3 is 4.90 Å². The molecule has 0 aromatic carbocycles. The van der Waals surface area contributed by atoms with Crippen molar-refractivity contribution in [1.82, 2.24) is 9.88 Å². The summed E-state index contributed by atoms with van der Waals surface area (Å²) in [6.07, 6.45) is 4.73. The van der Waals surface area contributed by atoms with E-state index >= 15 is 0 Å². The molecule has 1 aliphatic rings. The van der Waals surface area contributed by atoms with Crippen molar-refractivity contribution in [1.29, 1.82) is 0 Å². The lowest BCUT2D eigenvalue weighted by Gasteiger charge is -2.18. The van der Waals surface area contributed by atoms with Crippen molar-refractivity contribution >= 4 is 32.9 Å². The Morgan fingerprint density at radius 3 is 2.88 bits per heavy atom. The predicted molar refractivity (Wildman–Crippen MR) is 78.0 cm³/mol. The molecule has 0 bridgehead atoms. The molecule has 0 saturated heterocycles. The Kier molecular flexibility index (Phi) is 4.86. The Morgan fingerprint density at radius 2 is 2.24 bits per heavy atom. The van der Waals surface area contributed by atoms with E-state index in [1.165, 1.54) is 10.7 Å². The number of thioether (sulfide) groups is 1. The van der Waals surface area contributed by atoms with Crippen LogP contribution in [-0.2, 0) is 6.42 Å². The molecule has 1 aliphatic heterocycles. The second kappa shape index (κ2) is 6.40. The lowest BCUT2D eigenvalue weighted by molar-refractivity contribution is 0.517. The van der Waals surface area contributed by atoms with Gasteiger partial charge in [-0.25, -0.2) is 0 Å². The van der Waals surface area contributed by atoms with Crippen LogP contribution in [-0.4, -0.2) is 45.8 Å². The maximum Gasteiger partial charge on any atom is 0.159 e. The van der Waals surface area contributed by atoms with Gasteiger partial charge in [0, 0.05) is 36.6 Å². The Morgan fingerprint density at radius 1 is 1.47 bits per heavy atom. The predicted octanol–water partition coefficient (Wildman–Crippen LogP) is 2.42. The minimum atomic E-state index is 0.605. The van der Waals surface area contributed by atoms with Gasteiger partial charge in [-0.05, 0) is 24.1 Å². The number of aromatic nitrogens is 1. The summed E-state index contributed by atoms with van der Waals surface area (Å²) in [7, 11) is 2.11. The molecule has 0 aliphatic carbocycles. The summed E-state index contributed by atoms with van der Waals surface area (Å²) >= 11 is 5.38. The Bertz CT molecular complexity index is 383. The molecule has 0 N–H and O–H groups in total. The summed E-state index contributed by atoms with van der Waals surface area (Å²) in [6.45, 7) is 1.94. The lowest BCUT2D eigenvalue weighted by Crippen LogP contribution is -2.26. The molecule has 1 aromatic rings.